The van der Waals surface area contributed by atoms with E-state index in [4.69, 9.17) is 8.94 Å². The van der Waals surface area contributed by atoms with E-state index in [2.05, 4.69) is 10.1 Å². The minimum Gasteiger partial charge on any atom is -0.461 e. The molecule has 0 saturated heterocycles. The monoisotopic (exact) mass is 250 g/mol. The number of aliphatic hydroxyl groups excluding tert-OH is 1. The largest absolute Gasteiger partial charge is 0.461 e. The number of furan rings is 1. The van der Waals surface area contributed by atoms with Crippen LogP contribution in [0.2, 0.25) is 0 Å². The Kier molecular flexibility index (Phi) is 4.17. The molecular weight excluding hydrogens is 232 g/mol. The van der Waals surface area contributed by atoms with Crippen molar-refractivity contribution in [3.63, 3.8) is 0 Å². The second-order valence-corrected chi connectivity index (χ2v) is 4.54. The Labute approximate surface area is 106 Å². The van der Waals surface area contributed by atoms with Gasteiger partial charge in [0.15, 0.2) is 5.76 Å². The van der Waals surface area contributed by atoms with Crippen LogP contribution in [0.3, 0.4) is 0 Å². The van der Waals surface area contributed by atoms with Gasteiger partial charge in [0.05, 0.1) is 18.1 Å². The molecule has 0 aliphatic heterocycles. The van der Waals surface area contributed by atoms with E-state index in [1.807, 2.05) is 25.2 Å². The maximum Gasteiger partial charge on any atom is 0.202 e. The maximum absolute atomic E-state index is 9.22. The normalized spacial score (nSPS) is 13.1. The van der Waals surface area contributed by atoms with Gasteiger partial charge in [0.1, 0.15) is 0 Å². The van der Waals surface area contributed by atoms with Crippen LogP contribution in [-0.4, -0.2) is 34.9 Å². The van der Waals surface area contributed by atoms with E-state index in [1.54, 1.807) is 13.2 Å². The first kappa shape index (κ1) is 12.9. The molecule has 98 valence electrons. The predicted molar refractivity (Wildman–Crippen MR) is 66.8 cm³/mol. The highest BCUT2D eigenvalue weighted by Gasteiger charge is 2.10. The number of aromatic nitrogens is 1. The Balaban J connectivity index is 1.90. The second-order valence-electron chi connectivity index (χ2n) is 4.54. The number of hydrogen-bond donors (Lipinski definition) is 1. The quantitative estimate of drug-likeness (QED) is 0.851. The van der Waals surface area contributed by atoms with Crippen molar-refractivity contribution in [1.82, 2.24) is 10.1 Å². The van der Waals surface area contributed by atoms with Gasteiger partial charge in [-0.1, -0.05) is 5.16 Å². The summed E-state index contributed by atoms with van der Waals surface area (Å²) in [5, 5.41) is 13.2. The minimum atomic E-state index is -0.275. The van der Waals surface area contributed by atoms with E-state index in [0.717, 1.165) is 18.7 Å². The van der Waals surface area contributed by atoms with Gasteiger partial charge in [-0.05, 0) is 32.5 Å². The molecule has 2 rings (SSSR count). The van der Waals surface area contributed by atoms with E-state index < -0.39 is 0 Å². The van der Waals surface area contributed by atoms with Crippen LogP contribution in [0, 0.1) is 0 Å². The molecular formula is C13H18N2O3. The summed E-state index contributed by atoms with van der Waals surface area (Å²) in [4.78, 5) is 2.09. The lowest BCUT2D eigenvalue weighted by atomic mass is 10.2. The van der Waals surface area contributed by atoms with E-state index in [9.17, 15) is 5.11 Å². The lowest BCUT2D eigenvalue weighted by Gasteiger charge is -2.15. The average molecular weight is 250 g/mol. The molecule has 0 aliphatic rings. The molecule has 2 aromatic heterocycles. The molecule has 0 fully saturated rings. The molecule has 0 saturated carbocycles. The SMILES string of the molecule is CC(O)CCN(C)Cc1cc(-c2ccco2)on1. The molecule has 5 nitrogen and oxygen atoms in total. The minimum absolute atomic E-state index is 0.275. The first-order valence-electron chi connectivity index (χ1n) is 6.01. The average Bonchev–Trinajstić information content (AvgIpc) is 2.95. The molecule has 1 N–H and O–H groups in total. The van der Waals surface area contributed by atoms with Crippen molar-refractivity contribution < 1.29 is 14.0 Å². The van der Waals surface area contributed by atoms with Crippen LogP contribution in [0.25, 0.3) is 11.5 Å². The fourth-order valence-corrected chi connectivity index (χ4v) is 1.68. The molecule has 0 aromatic carbocycles. The van der Waals surface area contributed by atoms with Crippen molar-refractivity contribution in [1.29, 1.82) is 0 Å². The standard InChI is InChI=1S/C13H18N2O3/c1-10(16)5-6-15(2)9-11-8-13(18-14-11)12-4-3-7-17-12/h3-4,7-8,10,16H,5-6,9H2,1-2H3. The third kappa shape index (κ3) is 3.45. The lowest BCUT2D eigenvalue weighted by Crippen LogP contribution is -2.22. The summed E-state index contributed by atoms with van der Waals surface area (Å²) in [6.07, 6.45) is 2.08. The third-order valence-corrected chi connectivity index (χ3v) is 2.68. The summed E-state index contributed by atoms with van der Waals surface area (Å²) in [6.45, 7) is 3.30. The van der Waals surface area contributed by atoms with Crippen molar-refractivity contribution in [2.24, 2.45) is 0 Å². The Morgan fingerprint density at radius 1 is 1.44 bits per heavy atom. The van der Waals surface area contributed by atoms with Gasteiger partial charge in [0, 0.05) is 19.2 Å². The van der Waals surface area contributed by atoms with Gasteiger partial charge >= 0.3 is 0 Å². The first-order chi connectivity index (χ1) is 8.65. The van der Waals surface area contributed by atoms with Crippen LogP contribution in [0.1, 0.15) is 19.0 Å². The number of nitrogens with zero attached hydrogens (tertiary/aromatic N) is 2. The summed E-state index contributed by atoms with van der Waals surface area (Å²) in [7, 11) is 1.99. The number of hydrogen-bond acceptors (Lipinski definition) is 5. The zero-order valence-electron chi connectivity index (χ0n) is 10.7. The molecule has 0 aliphatic carbocycles. The highest BCUT2D eigenvalue weighted by Crippen LogP contribution is 2.20. The summed E-state index contributed by atoms with van der Waals surface area (Å²) in [5.41, 5.74) is 0.856. The molecule has 2 heterocycles. The molecule has 2 aromatic rings. The molecule has 0 radical (unpaired) electrons. The predicted octanol–water partition coefficient (Wildman–Crippen LogP) is 2.14. The fraction of sp³-hybridized carbons (Fsp3) is 0.462. The Morgan fingerprint density at radius 2 is 2.28 bits per heavy atom. The molecule has 0 bridgehead atoms. The zero-order chi connectivity index (χ0) is 13.0. The van der Waals surface area contributed by atoms with Gasteiger partial charge in [0.25, 0.3) is 0 Å². The van der Waals surface area contributed by atoms with E-state index in [-0.39, 0.29) is 6.10 Å². The third-order valence-electron chi connectivity index (χ3n) is 2.68. The summed E-state index contributed by atoms with van der Waals surface area (Å²) >= 11 is 0. The van der Waals surface area contributed by atoms with Crippen molar-refractivity contribution in [3.05, 3.63) is 30.2 Å². The molecule has 18 heavy (non-hydrogen) atoms. The van der Waals surface area contributed by atoms with Gasteiger partial charge in [-0.3, -0.25) is 0 Å². The van der Waals surface area contributed by atoms with Gasteiger partial charge in [0.2, 0.25) is 5.76 Å². The van der Waals surface area contributed by atoms with Gasteiger partial charge in [-0.15, -0.1) is 0 Å². The Morgan fingerprint density at radius 3 is 2.94 bits per heavy atom. The van der Waals surface area contributed by atoms with E-state index in [0.29, 0.717) is 18.1 Å². The van der Waals surface area contributed by atoms with E-state index in [1.165, 1.54) is 0 Å². The second kappa shape index (κ2) is 5.84. The van der Waals surface area contributed by atoms with Gasteiger partial charge in [-0.25, -0.2) is 0 Å². The van der Waals surface area contributed by atoms with Crippen molar-refractivity contribution in [3.8, 4) is 11.5 Å². The van der Waals surface area contributed by atoms with Gasteiger partial charge in [-0.2, -0.15) is 0 Å². The number of aliphatic hydroxyl groups is 1. The van der Waals surface area contributed by atoms with Crippen molar-refractivity contribution in [2.45, 2.75) is 26.0 Å². The topological polar surface area (TPSA) is 62.6 Å². The van der Waals surface area contributed by atoms with Crippen molar-refractivity contribution in [2.75, 3.05) is 13.6 Å². The Hall–Kier alpha value is -1.59. The van der Waals surface area contributed by atoms with Crippen LogP contribution in [0.5, 0.6) is 0 Å². The van der Waals surface area contributed by atoms with Gasteiger partial charge < -0.3 is 18.9 Å². The van der Waals surface area contributed by atoms with Crippen LogP contribution < -0.4 is 0 Å². The smallest absolute Gasteiger partial charge is 0.202 e. The lowest BCUT2D eigenvalue weighted by molar-refractivity contribution is 0.162. The summed E-state index contributed by atoms with van der Waals surface area (Å²) in [5.74, 6) is 1.32. The van der Waals surface area contributed by atoms with Crippen LogP contribution >= 0.6 is 0 Å². The number of rotatable bonds is 6. The molecule has 5 heteroatoms. The maximum atomic E-state index is 9.22. The fourth-order valence-electron chi connectivity index (χ4n) is 1.68. The van der Waals surface area contributed by atoms with Crippen LogP contribution in [-0.2, 0) is 6.54 Å². The van der Waals surface area contributed by atoms with Crippen LogP contribution in [0.4, 0.5) is 0 Å². The highest BCUT2D eigenvalue weighted by atomic mass is 16.5. The summed E-state index contributed by atoms with van der Waals surface area (Å²) in [6, 6.07) is 5.52. The van der Waals surface area contributed by atoms with Crippen molar-refractivity contribution >= 4 is 0 Å². The highest BCUT2D eigenvalue weighted by molar-refractivity contribution is 5.49. The first-order valence-corrected chi connectivity index (χ1v) is 6.01. The molecule has 1 atom stereocenters. The van der Waals surface area contributed by atoms with Crippen LogP contribution in [0.15, 0.2) is 33.4 Å². The Bertz CT molecular complexity index is 462. The molecule has 0 amide bonds. The molecule has 0 spiro atoms. The molecule has 1 unspecified atom stereocenters. The van der Waals surface area contributed by atoms with E-state index >= 15 is 0 Å². The zero-order valence-corrected chi connectivity index (χ0v) is 10.7. The summed E-state index contributed by atoms with van der Waals surface area (Å²) < 4.78 is 10.5.